The Labute approximate surface area is 62.4 Å². The standard InChI is InChI=1S/C8H15S/c1-2-7-9-8-5-3-4-6-8/h8H,1-7H2. The lowest BCUT2D eigenvalue weighted by Crippen LogP contribution is -1.94. The van der Waals surface area contributed by atoms with Gasteiger partial charge < -0.3 is 0 Å². The molecule has 1 rings (SSSR count). The van der Waals surface area contributed by atoms with Crippen LogP contribution in [0.1, 0.15) is 32.1 Å². The molecule has 1 aliphatic rings. The fourth-order valence-corrected chi connectivity index (χ4v) is 2.47. The molecule has 0 heterocycles. The van der Waals surface area contributed by atoms with Crippen molar-refractivity contribution in [3.8, 4) is 0 Å². The Bertz CT molecular complexity index is 65.0. The lowest BCUT2D eigenvalue weighted by molar-refractivity contribution is 0.886. The van der Waals surface area contributed by atoms with Crippen molar-refractivity contribution < 1.29 is 0 Å². The smallest absolute Gasteiger partial charge is 0.00470 e. The summed E-state index contributed by atoms with van der Waals surface area (Å²) in [5, 5.41) is 0.992. The van der Waals surface area contributed by atoms with E-state index in [1.54, 1.807) is 0 Å². The van der Waals surface area contributed by atoms with E-state index in [0.717, 1.165) is 11.7 Å². The first-order valence-electron chi connectivity index (χ1n) is 3.84. The Morgan fingerprint density at radius 2 is 2.00 bits per heavy atom. The zero-order valence-electron chi connectivity index (χ0n) is 5.94. The van der Waals surface area contributed by atoms with Crippen LogP contribution >= 0.6 is 11.8 Å². The maximum absolute atomic E-state index is 3.83. The van der Waals surface area contributed by atoms with Gasteiger partial charge in [0.15, 0.2) is 0 Å². The lowest BCUT2D eigenvalue weighted by atomic mass is 10.4. The van der Waals surface area contributed by atoms with E-state index in [1.165, 1.54) is 31.4 Å². The van der Waals surface area contributed by atoms with Crippen LogP contribution in [0.2, 0.25) is 0 Å². The molecule has 0 unspecified atom stereocenters. The van der Waals surface area contributed by atoms with Crippen LogP contribution in [0.5, 0.6) is 0 Å². The molecule has 1 heteroatoms. The fraction of sp³-hybridized carbons (Fsp3) is 0.875. The predicted octanol–water partition coefficient (Wildman–Crippen LogP) is 2.89. The number of hydrogen-bond acceptors (Lipinski definition) is 1. The Balaban J connectivity index is 1.98. The minimum Gasteiger partial charge on any atom is -0.159 e. The summed E-state index contributed by atoms with van der Waals surface area (Å²) < 4.78 is 0. The highest BCUT2D eigenvalue weighted by Crippen LogP contribution is 2.29. The first kappa shape index (κ1) is 7.46. The molecule has 1 aliphatic carbocycles. The number of thioether (sulfide) groups is 1. The minimum atomic E-state index is 0.992. The van der Waals surface area contributed by atoms with Crippen molar-refractivity contribution >= 4 is 11.8 Å². The van der Waals surface area contributed by atoms with Gasteiger partial charge in [-0.05, 0) is 25.0 Å². The van der Waals surface area contributed by atoms with Gasteiger partial charge in [-0.3, -0.25) is 0 Å². The van der Waals surface area contributed by atoms with Gasteiger partial charge in [0.25, 0.3) is 0 Å². The summed E-state index contributed by atoms with van der Waals surface area (Å²) in [6, 6.07) is 0. The van der Waals surface area contributed by atoms with Gasteiger partial charge in [-0.1, -0.05) is 19.8 Å². The van der Waals surface area contributed by atoms with Crippen molar-refractivity contribution in [2.24, 2.45) is 0 Å². The Hall–Kier alpha value is 0.350. The Morgan fingerprint density at radius 1 is 1.33 bits per heavy atom. The zero-order chi connectivity index (χ0) is 6.53. The third-order valence-corrected chi connectivity index (χ3v) is 3.27. The highest BCUT2D eigenvalue weighted by Gasteiger charge is 2.13. The number of rotatable bonds is 3. The fourth-order valence-electron chi connectivity index (χ4n) is 1.31. The summed E-state index contributed by atoms with van der Waals surface area (Å²) in [5.74, 6) is 1.27. The van der Waals surface area contributed by atoms with E-state index in [4.69, 9.17) is 0 Å². The third-order valence-electron chi connectivity index (χ3n) is 1.80. The van der Waals surface area contributed by atoms with Gasteiger partial charge in [-0.15, -0.1) is 0 Å². The topological polar surface area (TPSA) is 0 Å². The molecule has 0 aromatic rings. The van der Waals surface area contributed by atoms with Crippen molar-refractivity contribution in [1.29, 1.82) is 0 Å². The molecule has 53 valence electrons. The highest BCUT2D eigenvalue weighted by molar-refractivity contribution is 7.99. The zero-order valence-corrected chi connectivity index (χ0v) is 6.75. The van der Waals surface area contributed by atoms with Crippen LogP contribution in [-0.2, 0) is 0 Å². The van der Waals surface area contributed by atoms with Crippen LogP contribution in [0.4, 0.5) is 0 Å². The Kier molecular flexibility index (Phi) is 3.49. The van der Waals surface area contributed by atoms with E-state index in [0.29, 0.717) is 0 Å². The summed E-state index contributed by atoms with van der Waals surface area (Å²) in [6.07, 6.45) is 6.96. The molecular weight excluding hydrogens is 128 g/mol. The minimum absolute atomic E-state index is 0.992. The largest absolute Gasteiger partial charge is 0.159 e. The third kappa shape index (κ3) is 2.61. The lowest BCUT2D eigenvalue weighted by Gasteiger charge is -2.05. The molecular formula is C8H15S. The second-order valence-electron chi connectivity index (χ2n) is 2.63. The molecule has 0 amide bonds. The van der Waals surface area contributed by atoms with Crippen LogP contribution in [0.25, 0.3) is 0 Å². The van der Waals surface area contributed by atoms with Gasteiger partial charge in [0.05, 0.1) is 0 Å². The molecule has 0 bridgehead atoms. The van der Waals surface area contributed by atoms with E-state index < -0.39 is 0 Å². The van der Waals surface area contributed by atoms with Gasteiger partial charge in [0.1, 0.15) is 0 Å². The van der Waals surface area contributed by atoms with Gasteiger partial charge in [0.2, 0.25) is 0 Å². The molecule has 1 radical (unpaired) electrons. The molecule has 1 saturated carbocycles. The van der Waals surface area contributed by atoms with Crippen molar-refractivity contribution in [1.82, 2.24) is 0 Å². The summed E-state index contributed by atoms with van der Waals surface area (Å²) >= 11 is 2.12. The molecule has 0 aromatic heterocycles. The van der Waals surface area contributed by atoms with Crippen molar-refractivity contribution in [3.63, 3.8) is 0 Å². The van der Waals surface area contributed by atoms with Crippen molar-refractivity contribution in [2.45, 2.75) is 37.4 Å². The number of hydrogen-bond donors (Lipinski definition) is 0. The molecule has 9 heavy (non-hydrogen) atoms. The van der Waals surface area contributed by atoms with Crippen LogP contribution in [0, 0.1) is 6.92 Å². The van der Waals surface area contributed by atoms with Gasteiger partial charge >= 0.3 is 0 Å². The molecule has 0 aliphatic heterocycles. The van der Waals surface area contributed by atoms with E-state index in [-0.39, 0.29) is 0 Å². The summed E-state index contributed by atoms with van der Waals surface area (Å²) in [7, 11) is 0. The average Bonchev–Trinajstić information content (AvgIpc) is 2.34. The molecule has 0 spiro atoms. The second-order valence-corrected chi connectivity index (χ2v) is 4.04. The average molecular weight is 143 g/mol. The summed E-state index contributed by atoms with van der Waals surface area (Å²) in [4.78, 5) is 0. The maximum atomic E-state index is 3.83. The van der Waals surface area contributed by atoms with Crippen LogP contribution in [-0.4, -0.2) is 11.0 Å². The molecule has 0 nitrogen and oxygen atoms in total. The van der Waals surface area contributed by atoms with Crippen LogP contribution in [0.3, 0.4) is 0 Å². The molecule has 0 aromatic carbocycles. The van der Waals surface area contributed by atoms with Gasteiger partial charge in [0, 0.05) is 5.25 Å². The second kappa shape index (κ2) is 4.21. The molecule has 0 atom stereocenters. The summed E-state index contributed by atoms with van der Waals surface area (Å²) in [6.45, 7) is 3.83. The first-order valence-corrected chi connectivity index (χ1v) is 4.89. The van der Waals surface area contributed by atoms with Crippen molar-refractivity contribution in [2.75, 3.05) is 5.75 Å². The normalized spacial score (nSPS) is 21.0. The monoisotopic (exact) mass is 143 g/mol. The van der Waals surface area contributed by atoms with E-state index >= 15 is 0 Å². The highest BCUT2D eigenvalue weighted by atomic mass is 32.2. The maximum Gasteiger partial charge on any atom is 0.00470 e. The quantitative estimate of drug-likeness (QED) is 0.585. The Morgan fingerprint density at radius 3 is 2.56 bits per heavy atom. The van der Waals surface area contributed by atoms with Gasteiger partial charge in [-0.25, -0.2) is 0 Å². The van der Waals surface area contributed by atoms with E-state index in [2.05, 4.69) is 18.7 Å². The van der Waals surface area contributed by atoms with Crippen LogP contribution < -0.4 is 0 Å². The molecule has 0 N–H and O–H groups in total. The molecule has 1 fully saturated rings. The molecule has 0 saturated heterocycles. The first-order chi connectivity index (χ1) is 4.43. The van der Waals surface area contributed by atoms with Gasteiger partial charge in [-0.2, -0.15) is 11.8 Å². The van der Waals surface area contributed by atoms with Crippen molar-refractivity contribution in [3.05, 3.63) is 6.92 Å². The van der Waals surface area contributed by atoms with E-state index in [9.17, 15) is 0 Å². The SMILES string of the molecule is [CH2]CCSC1CCCC1. The summed E-state index contributed by atoms with van der Waals surface area (Å²) in [5.41, 5.74) is 0. The predicted molar refractivity (Wildman–Crippen MR) is 44.7 cm³/mol. The van der Waals surface area contributed by atoms with Crippen LogP contribution in [0.15, 0.2) is 0 Å². The van der Waals surface area contributed by atoms with E-state index in [1.807, 2.05) is 0 Å².